The molecule has 3 rings (SSSR count). The third-order valence-electron chi connectivity index (χ3n) is 4.81. The molecule has 2 aliphatic heterocycles. The number of amides is 2. The molecule has 0 radical (unpaired) electrons. The van der Waals surface area contributed by atoms with E-state index < -0.39 is 0 Å². The molecule has 0 aromatic heterocycles. The van der Waals surface area contributed by atoms with Crippen LogP contribution in [0, 0.1) is 0 Å². The second-order valence-corrected chi connectivity index (χ2v) is 6.61. The van der Waals surface area contributed by atoms with E-state index in [1.807, 2.05) is 9.80 Å². The number of piperazine rings is 1. The number of hydrogen-bond acceptors (Lipinski definition) is 4. The van der Waals surface area contributed by atoms with Crippen LogP contribution in [0.2, 0.25) is 0 Å². The molecular weight excluding hydrogens is 318 g/mol. The average Bonchev–Trinajstić information content (AvgIpc) is 3.16. The van der Waals surface area contributed by atoms with E-state index in [1.165, 1.54) is 0 Å². The smallest absolute Gasteiger partial charge is 0.246 e. The van der Waals surface area contributed by atoms with Crippen LogP contribution in [0.4, 0.5) is 0 Å². The Morgan fingerprint density at radius 1 is 0.920 bits per heavy atom. The molecule has 134 valence electrons. The van der Waals surface area contributed by atoms with Crippen LogP contribution in [0.5, 0.6) is 5.75 Å². The number of phenols is 1. The largest absolute Gasteiger partial charge is 0.508 e. The number of benzene rings is 1. The number of phenolic OH excluding ortho intramolecular Hbond substituents is 1. The minimum atomic E-state index is -0.0152. The summed E-state index contributed by atoms with van der Waals surface area (Å²) in [5.74, 6) is 0.408. The lowest BCUT2D eigenvalue weighted by Crippen LogP contribution is -2.51. The lowest BCUT2D eigenvalue weighted by Gasteiger charge is -2.34. The molecule has 0 spiro atoms. The van der Waals surface area contributed by atoms with Crippen molar-refractivity contribution < 1.29 is 14.7 Å². The molecule has 1 aromatic rings. The molecule has 0 saturated carbocycles. The molecule has 0 unspecified atom stereocenters. The summed E-state index contributed by atoms with van der Waals surface area (Å²) in [5.41, 5.74) is 0.876. The van der Waals surface area contributed by atoms with Crippen molar-refractivity contribution in [3.05, 3.63) is 35.9 Å². The maximum atomic E-state index is 12.3. The summed E-state index contributed by atoms with van der Waals surface area (Å²) in [7, 11) is 0. The van der Waals surface area contributed by atoms with Crippen LogP contribution in [0.15, 0.2) is 30.3 Å². The molecular formula is C19H25N3O3. The van der Waals surface area contributed by atoms with Gasteiger partial charge in [0.25, 0.3) is 0 Å². The fraction of sp³-hybridized carbons (Fsp3) is 0.474. The van der Waals surface area contributed by atoms with Gasteiger partial charge in [-0.3, -0.25) is 14.5 Å². The van der Waals surface area contributed by atoms with Crippen LogP contribution >= 0.6 is 0 Å². The summed E-state index contributed by atoms with van der Waals surface area (Å²) in [5, 5.41) is 9.26. The Bertz CT molecular complexity index is 628. The van der Waals surface area contributed by atoms with Gasteiger partial charge in [-0.1, -0.05) is 12.1 Å². The Morgan fingerprint density at radius 3 is 2.20 bits per heavy atom. The van der Waals surface area contributed by atoms with Gasteiger partial charge in [-0.2, -0.15) is 0 Å². The van der Waals surface area contributed by atoms with E-state index in [4.69, 9.17) is 0 Å². The van der Waals surface area contributed by atoms with E-state index in [0.717, 1.165) is 44.6 Å². The highest BCUT2D eigenvalue weighted by Gasteiger charge is 2.24. The fourth-order valence-corrected chi connectivity index (χ4v) is 3.24. The van der Waals surface area contributed by atoms with Crippen LogP contribution in [-0.4, -0.2) is 77.4 Å². The van der Waals surface area contributed by atoms with E-state index in [9.17, 15) is 14.7 Å². The number of rotatable bonds is 4. The first-order valence-electron chi connectivity index (χ1n) is 8.88. The Labute approximate surface area is 148 Å². The summed E-state index contributed by atoms with van der Waals surface area (Å²) in [6.07, 6.45) is 5.55. The predicted octanol–water partition coefficient (Wildman–Crippen LogP) is 1.17. The lowest BCUT2D eigenvalue weighted by molar-refractivity contribution is -0.132. The van der Waals surface area contributed by atoms with Crippen molar-refractivity contribution in [2.75, 3.05) is 45.8 Å². The van der Waals surface area contributed by atoms with Gasteiger partial charge in [-0.15, -0.1) is 0 Å². The van der Waals surface area contributed by atoms with Crippen LogP contribution in [-0.2, 0) is 9.59 Å². The van der Waals surface area contributed by atoms with E-state index in [2.05, 4.69) is 4.90 Å². The molecule has 2 fully saturated rings. The van der Waals surface area contributed by atoms with Crippen LogP contribution in [0.1, 0.15) is 18.4 Å². The van der Waals surface area contributed by atoms with Gasteiger partial charge in [0.05, 0.1) is 6.54 Å². The van der Waals surface area contributed by atoms with Gasteiger partial charge in [-0.05, 0) is 36.6 Å². The summed E-state index contributed by atoms with van der Waals surface area (Å²) < 4.78 is 0. The second-order valence-electron chi connectivity index (χ2n) is 6.61. The zero-order chi connectivity index (χ0) is 17.6. The highest BCUT2D eigenvalue weighted by atomic mass is 16.3. The Kier molecular flexibility index (Phi) is 5.71. The first-order chi connectivity index (χ1) is 12.1. The summed E-state index contributed by atoms with van der Waals surface area (Å²) in [4.78, 5) is 30.3. The van der Waals surface area contributed by atoms with Gasteiger partial charge in [0.15, 0.2) is 0 Å². The van der Waals surface area contributed by atoms with E-state index in [1.54, 1.807) is 36.4 Å². The van der Waals surface area contributed by atoms with Gasteiger partial charge < -0.3 is 14.9 Å². The van der Waals surface area contributed by atoms with Crippen molar-refractivity contribution in [1.29, 1.82) is 0 Å². The highest BCUT2D eigenvalue weighted by molar-refractivity contribution is 5.91. The molecule has 0 atom stereocenters. The lowest BCUT2D eigenvalue weighted by atomic mass is 10.2. The second kappa shape index (κ2) is 8.16. The third kappa shape index (κ3) is 4.82. The first kappa shape index (κ1) is 17.5. The van der Waals surface area contributed by atoms with Crippen molar-refractivity contribution in [3.63, 3.8) is 0 Å². The van der Waals surface area contributed by atoms with Gasteiger partial charge in [0.2, 0.25) is 11.8 Å². The minimum absolute atomic E-state index is 0.0152. The van der Waals surface area contributed by atoms with E-state index in [-0.39, 0.29) is 17.6 Å². The molecule has 25 heavy (non-hydrogen) atoms. The summed E-state index contributed by atoms with van der Waals surface area (Å²) in [6.45, 7) is 5.00. The zero-order valence-corrected chi connectivity index (χ0v) is 14.4. The minimum Gasteiger partial charge on any atom is -0.508 e. The number of aromatic hydroxyl groups is 1. The summed E-state index contributed by atoms with van der Waals surface area (Å²) >= 11 is 0. The monoisotopic (exact) mass is 343 g/mol. The summed E-state index contributed by atoms with van der Waals surface area (Å²) in [6, 6.07) is 6.72. The van der Waals surface area contributed by atoms with Crippen molar-refractivity contribution in [1.82, 2.24) is 14.7 Å². The standard InChI is InChI=1S/C19H25N3O3/c23-17-6-3-16(4-7-17)5-8-18(24)22-13-11-20(12-14-22)15-19(25)21-9-1-2-10-21/h3-8,23H,1-2,9-15H2. The highest BCUT2D eigenvalue weighted by Crippen LogP contribution is 2.12. The molecule has 6 heteroatoms. The third-order valence-corrected chi connectivity index (χ3v) is 4.81. The quantitative estimate of drug-likeness (QED) is 0.834. The molecule has 2 amide bonds. The van der Waals surface area contributed by atoms with Crippen molar-refractivity contribution in [2.45, 2.75) is 12.8 Å². The van der Waals surface area contributed by atoms with Gasteiger partial charge in [0.1, 0.15) is 5.75 Å². The molecule has 6 nitrogen and oxygen atoms in total. The van der Waals surface area contributed by atoms with Crippen LogP contribution in [0.25, 0.3) is 6.08 Å². The molecule has 2 aliphatic rings. The Balaban J connectivity index is 1.44. The van der Waals surface area contributed by atoms with Gasteiger partial charge in [0, 0.05) is 45.3 Å². The topological polar surface area (TPSA) is 64.1 Å². The number of carbonyl (C=O) groups excluding carboxylic acids is 2. The van der Waals surface area contributed by atoms with Crippen molar-refractivity contribution in [3.8, 4) is 5.75 Å². The van der Waals surface area contributed by atoms with Gasteiger partial charge >= 0.3 is 0 Å². The van der Waals surface area contributed by atoms with Crippen molar-refractivity contribution in [2.24, 2.45) is 0 Å². The number of carbonyl (C=O) groups is 2. The normalized spacial score (nSPS) is 18.9. The van der Waals surface area contributed by atoms with E-state index >= 15 is 0 Å². The molecule has 1 N–H and O–H groups in total. The van der Waals surface area contributed by atoms with Gasteiger partial charge in [-0.25, -0.2) is 0 Å². The van der Waals surface area contributed by atoms with E-state index in [0.29, 0.717) is 19.6 Å². The first-order valence-corrected chi connectivity index (χ1v) is 8.88. The number of likely N-dealkylation sites (tertiary alicyclic amines) is 1. The SMILES string of the molecule is O=C(C=Cc1ccc(O)cc1)N1CCN(CC(=O)N2CCCC2)CC1. The maximum Gasteiger partial charge on any atom is 0.246 e. The molecule has 2 saturated heterocycles. The Hall–Kier alpha value is -2.34. The molecule has 2 heterocycles. The van der Waals surface area contributed by atoms with Crippen LogP contribution in [0.3, 0.4) is 0 Å². The average molecular weight is 343 g/mol. The molecule has 1 aromatic carbocycles. The number of nitrogens with zero attached hydrogens (tertiary/aromatic N) is 3. The maximum absolute atomic E-state index is 12.3. The Morgan fingerprint density at radius 2 is 1.56 bits per heavy atom. The predicted molar refractivity (Wildman–Crippen MR) is 96.0 cm³/mol. The zero-order valence-electron chi connectivity index (χ0n) is 14.4. The molecule has 0 bridgehead atoms. The van der Waals surface area contributed by atoms with Crippen molar-refractivity contribution >= 4 is 17.9 Å². The number of hydrogen-bond donors (Lipinski definition) is 1. The molecule has 0 aliphatic carbocycles. The fourth-order valence-electron chi connectivity index (χ4n) is 3.24. The van der Waals surface area contributed by atoms with Crippen LogP contribution < -0.4 is 0 Å².